The van der Waals surface area contributed by atoms with E-state index in [0.717, 1.165) is 16.7 Å². The van der Waals surface area contributed by atoms with Crippen LogP contribution >= 0.6 is 0 Å². The van der Waals surface area contributed by atoms with Crippen molar-refractivity contribution < 1.29 is 15.6 Å². The SMILES string of the molecule is CC(C)(C)N(O)c1ccc(-c2nc(-c3ccc(N(O)C(C)(C)C)cc3)nc(-c3ccc(N(O)C(C)(C)C)cc3)n2)cc1. The van der Waals surface area contributed by atoms with Crippen LogP contribution in [-0.2, 0) is 0 Å². The zero-order chi connectivity index (χ0) is 31.0. The molecule has 222 valence electrons. The topological polar surface area (TPSA) is 109 Å². The molecule has 0 unspecified atom stereocenters. The first-order chi connectivity index (χ1) is 19.4. The maximum Gasteiger partial charge on any atom is 0.164 e. The molecule has 1 aromatic heterocycles. The second-order valence-electron chi connectivity index (χ2n) is 13.4. The molecule has 0 bridgehead atoms. The van der Waals surface area contributed by atoms with E-state index in [0.29, 0.717) is 34.5 Å². The Morgan fingerprint density at radius 1 is 0.381 bits per heavy atom. The van der Waals surface area contributed by atoms with Crippen LogP contribution in [0, 0.1) is 0 Å². The van der Waals surface area contributed by atoms with Crippen molar-refractivity contribution in [1.29, 1.82) is 0 Å². The fourth-order valence-corrected chi connectivity index (χ4v) is 4.18. The molecular formula is C33H42N6O3. The number of hydrogen-bond donors (Lipinski definition) is 3. The maximum atomic E-state index is 10.6. The van der Waals surface area contributed by atoms with Crippen LogP contribution in [0.5, 0.6) is 0 Å². The molecule has 4 rings (SSSR count). The third kappa shape index (κ3) is 6.87. The predicted molar refractivity (Wildman–Crippen MR) is 168 cm³/mol. The summed E-state index contributed by atoms with van der Waals surface area (Å²) < 4.78 is 0. The normalized spacial score (nSPS) is 12.3. The first-order valence-corrected chi connectivity index (χ1v) is 14.0. The largest absolute Gasteiger partial charge is 0.288 e. The molecule has 0 atom stereocenters. The van der Waals surface area contributed by atoms with Gasteiger partial charge in [-0.2, -0.15) is 0 Å². The Morgan fingerprint density at radius 2 is 0.571 bits per heavy atom. The third-order valence-electron chi connectivity index (χ3n) is 6.65. The van der Waals surface area contributed by atoms with Gasteiger partial charge in [0.15, 0.2) is 17.5 Å². The minimum absolute atomic E-state index is 0.457. The summed E-state index contributed by atoms with van der Waals surface area (Å²) in [5.41, 5.74) is 2.91. The van der Waals surface area contributed by atoms with E-state index in [9.17, 15) is 15.6 Å². The highest BCUT2D eigenvalue weighted by atomic mass is 16.5. The van der Waals surface area contributed by atoms with E-state index in [4.69, 9.17) is 15.0 Å². The predicted octanol–water partition coefficient (Wildman–Crippen LogP) is 7.85. The van der Waals surface area contributed by atoms with Crippen molar-refractivity contribution in [3.8, 4) is 34.2 Å². The van der Waals surface area contributed by atoms with Crippen molar-refractivity contribution in [3.63, 3.8) is 0 Å². The minimum Gasteiger partial charge on any atom is -0.288 e. The van der Waals surface area contributed by atoms with Crippen LogP contribution in [0.1, 0.15) is 62.3 Å². The van der Waals surface area contributed by atoms with Gasteiger partial charge < -0.3 is 0 Å². The van der Waals surface area contributed by atoms with Crippen molar-refractivity contribution in [2.24, 2.45) is 0 Å². The molecule has 0 fully saturated rings. The average molecular weight is 571 g/mol. The van der Waals surface area contributed by atoms with Crippen LogP contribution in [0.15, 0.2) is 72.8 Å². The van der Waals surface area contributed by atoms with E-state index < -0.39 is 16.6 Å². The van der Waals surface area contributed by atoms with Crippen LogP contribution in [0.25, 0.3) is 34.2 Å². The highest BCUT2D eigenvalue weighted by Gasteiger charge is 2.23. The van der Waals surface area contributed by atoms with E-state index in [1.807, 2.05) is 135 Å². The number of anilines is 3. The highest BCUT2D eigenvalue weighted by molar-refractivity contribution is 5.69. The minimum atomic E-state index is -0.457. The molecule has 42 heavy (non-hydrogen) atoms. The Kier molecular flexibility index (Phi) is 8.33. The molecule has 4 aromatic rings. The second kappa shape index (κ2) is 11.3. The van der Waals surface area contributed by atoms with Crippen LogP contribution < -0.4 is 15.2 Å². The summed E-state index contributed by atoms with van der Waals surface area (Å²) in [7, 11) is 0. The van der Waals surface area contributed by atoms with E-state index >= 15 is 0 Å². The van der Waals surface area contributed by atoms with Crippen molar-refractivity contribution in [3.05, 3.63) is 72.8 Å². The summed E-state index contributed by atoms with van der Waals surface area (Å²) in [5, 5.41) is 35.4. The van der Waals surface area contributed by atoms with Crippen molar-refractivity contribution in [1.82, 2.24) is 15.0 Å². The molecule has 0 saturated carbocycles. The number of nitrogens with zero attached hydrogens (tertiary/aromatic N) is 6. The van der Waals surface area contributed by atoms with Gasteiger partial charge in [0, 0.05) is 16.7 Å². The Labute approximate surface area is 248 Å². The van der Waals surface area contributed by atoms with E-state index in [1.54, 1.807) is 0 Å². The fourth-order valence-electron chi connectivity index (χ4n) is 4.18. The summed E-state index contributed by atoms with van der Waals surface area (Å²) >= 11 is 0. The van der Waals surface area contributed by atoms with Crippen LogP contribution in [0.2, 0.25) is 0 Å². The van der Waals surface area contributed by atoms with Gasteiger partial charge in [-0.1, -0.05) is 0 Å². The first-order valence-electron chi connectivity index (χ1n) is 14.0. The lowest BCUT2D eigenvalue weighted by Crippen LogP contribution is -2.38. The van der Waals surface area contributed by atoms with Gasteiger partial charge in [-0.15, -0.1) is 0 Å². The number of aromatic nitrogens is 3. The lowest BCUT2D eigenvalue weighted by atomic mass is 10.1. The monoisotopic (exact) mass is 570 g/mol. The number of hydrogen-bond acceptors (Lipinski definition) is 9. The summed E-state index contributed by atoms with van der Waals surface area (Å²) in [6, 6.07) is 22.2. The Morgan fingerprint density at radius 3 is 0.738 bits per heavy atom. The lowest BCUT2D eigenvalue weighted by molar-refractivity contribution is 0.181. The standard InChI is InChI=1S/C33H42N6O3/c1-31(2,3)37(40)25-16-10-22(11-17-25)28-34-29(23-12-18-26(19-13-23)38(41)32(4,5)6)36-30(35-28)24-14-20-27(21-15-24)39(42)33(7,8)9/h10-21,40-42H,1-9H3. The number of rotatable bonds is 6. The van der Waals surface area contributed by atoms with Gasteiger partial charge in [0.2, 0.25) is 0 Å². The molecule has 9 heteroatoms. The molecule has 0 saturated heterocycles. The van der Waals surface area contributed by atoms with Gasteiger partial charge in [-0.05, 0) is 135 Å². The quantitative estimate of drug-likeness (QED) is 0.200. The van der Waals surface area contributed by atoms with Crippen molar-refractivity contribution in [2.75, 3.05) is 15.2 Å². The molecule has 0 amide bonds. The van der Waals surface area contributed by atoms with Gasteiger partial charge in [0.05, 0.1) is 33.7 Å². The van der Waals surface area contributed by atoms with Crippen LogP contribution in [-0.4, -0.2) is 47.2 Å². The van der Waals surface area contributed by atoms with Gasteiger partial charge >= 0.3 is 0 Å². The van der Waals surface area contributed by atoms with Crippen LogP contribution in [0.3, 0.4) is 0 Å². The summed E-state index contributed by atoms with van der Waals surface area (Å²) in [6.07, 6.45) is 0. The molecule has 9 nitrogen and oxygen atoms in total. The zero-order valence-corrected chi connectivity index (χ0v) is 26.0. The molecule has 0 spiro atoms. The second-order valence-corrected chi connectivity index (χ2v) is 13.4. The molecule has 0 aliphatic heterocycles. The van der Waals surface area contributed by atoms with Gasteiger partial charge in [0.1, 0.15) is 0 Å². The lowest BCUT2D eigenvalue weighted by Gasteiger charge is -2.31. The zero-order valence-electron chi connectivity index (χ0n) is 26.0. The van der Waals surface area contributed by atoms with Crippen LogP contribution in [0.4, 0.5) is 17.1 Å². The summed E-state index contributed by atoms with van der Waals surface area (Å²) in [4.78, 5) is 14.4. The number of benzene rings is 3. The molecular weight excluding hydrogens is 528 g/mol. The smallest absolute Gasteiger partial charge is 0.164 e. The Balaban J connectivity index is 1.78. The molecule has 0 aliphatic rings. The van der Waals surface area contributed by atoms with E-state index in [1.165, 1.54) is 15.2 Å². The average Bonchev–Trinajstić information content (AvgIpc) is 2.94. The third-order valence-corrected chi connectivity index (χ3v) is 6.65. The summed E-state index contributed by atoms with van der Waals surface area (Å²) in [5.74, 6) is 1.44. The fraction of sp³-hybridized carbons (Fsp3) is 0.364. The molecule has 0 radical (unpaired) electrons. The summed E-state index contributed by atoms with van der Waals surface area (Å²) in [6.45, 7) is 17.3. The Bertz CT molecular complexity index is 1300. The maximum absolute atomic E-state index is 10.6. The molecule has 1 heterocycles. The number of hydroxylamine groups is 3. The van der Waals surface area contributed by atoms with Gasteiger partial charge in [-0.25, -0.2) is 15.0 Å². The van der Waals surface area contributed by atoms with Gasteiger partial charge in [0.25, 0.3) is 0 Å². The van der Waals surface area contributed by atoms with Crippen molar-refractivity contribution >= 4 is 17.1 Å². The Hall–Kier alpha value is -4.05. The van der Waals surface area contributed by atoms with Gasteiger partial charge in [-0.3, -0.25) is 30.8 Å². The van der Waals surface area contributed by atoms with E-state index in [-0.39, 0.29) is 0 Å². The molecule has 3 N–H and O–H groups in total. The van der Waals surface area contributed by atoms with Crippen molar-refractivity contribution in [2.45, 2.75) is 78.9 Å². The molecule has 0 aliphatic carbocycles. The van der Waals surface area contributed by atoms with E-state index in [2.05, 4.69) is 0 Å². The highest BCUT2D eigenvalue weighted by Crippen LogP contribution is 2.30. The first kappa shape index (κ1) is 30.9. The molecule has 3 aromatic carbocycles.